The quantitative estimate of drug-likeness (QED) is 0.532. The van der Waals surface area contributed by atoms with E-state index in [-0.39, 0.29) is 51.1 Å². The highest BCUT2D eigenvalue weighted by molar-refractivity contribution is 5.93. The Bertz CT molecular complexity index is 891. The van der Waals surface area contributed by atoms with E-state index in [1.165, 1.54) is 0 Å². The fourth-order valence-corrected chi connectivity index (χ4v) is 4.17. The number of hydrogen-bond acceptors (Lipinski definition) is 4. The second kappa shape index (κ2) is 9.38. The topological polar surface area (TPSA) is 104 Å². The van der Waals surface area contributed by atoms with Crippen molar-refractivity contribution in [1.29, 1.82) is 0 Å². The van der Waals surface area contributed by atoms with Crippen LogP contribution in [-0.2, 0) is 9.59 Å². The highest BCUT2D eigenvalue weighted by Crippen LogP contribution is 2.23. The van der Waals surface area contributed by atoms with Gasteiger partial charge in [0, 0.05) is 11.4 Å². The maximum Gasteiger partial charge on any atom is 0.279 e. The molecule has 1 heterocycles. The lowest BCUT2D eigenvalue weighted by atomic mass is 10.1. The van der Waals surface area contributed by atoms with Crippen molar-refractivity contribution in [3.63, 3.8) is 0 Å². The molecule has 172 valence electrons. The average Bonchev–Trinajstić information content (AvgIpc) is 2.71. The number of hydrogen-bond donors (Lipinski definition) is 2. The molecule has 2 aromatic rings. The normalized spacial score (nSPS) is 22.9. The molecule has 8 heteroatoms. The molecule has 1 fully saturated rings. The summed E-state index contributed by atoms with van der Waals surface area (Å²) in [4.78, 5) is 25.0. The number of anilines is 2. The van der Waals surface area contributed by atoms with Gasteiger partial charge in [0.25, 0.3) is 11.8 Å². The molecule has 0 unspecified atom stereocenters. The number of aryl methyl sites for hydroxylation is 4. The van der Waals surface area contributed by atoms with Crippen molar-refractivity contribution in [1.82, 2.24) is 0 Å². The minimum Gasteiger partial charge on any atom is -0.632 e. The summed E-state index contributed by atoms with van der Waals surface area (Å²) in [5, 5.41) is 31.8. The Hall–Kier alpha value is -2.78. The lowest BCUT2D eigenvalue weighted by Crippen LogP contribution is -2.65. The molecule has 0 aliphatic carbocycles. The highest BCUT2D eigenvalue weighted by Gasteiger charge is 2.35. The van der Waals surface area contributed by atoms with E-state index in [4.69, 9.17) is 0 Å². The smallest absolute Gasteiger partial charge is 0.279 e. The minimum absolute atomic E-state index is 0.000344. The molecule has 0 radical (unpaired) electrons. The minimum atomic E-state index is -0.752. The van der Waals surface area contributed by atoms with Gasteiger partial charge in [-0.25, -0.2) is 0 Å². The number of amides is 2. The van der Waals surface area contributed by atoms with Crippen LogP contribution < -0.4 is 10.6 Å². The van der Waals surface area contributed by atoms with Crippen molar-refractivity contribution in [2.75, 3.05) is 49.9 Å². The van der Waals surface area contributed by atoms with Crippen LogP contribution in [-0.4, -0.2) is 60.4 Å². The Morgan fingerprint density at radius 3 is 1.25 bits per heavy atom. The number of quaternary nitrogens is 2. The van der Waals surface area contributed by atoms with Gasteiger partial charge in [0.05, 0.1) is 0 Å². The summed E-state index contributed by atoms with van der Waals surface area (Å²) in [6.07, 6.45) is 0. The number of piperazine rings is 1. The van der Waals surface area contributed by atoms with Gasteiger partial charge < -0.3 is 30.3 Å². The third kappa shape index (κ3) is 5.72. The first-order chi connectivity index (χ1) is 15.0. The number of nitrogens with one attached hydrogen (secondary N) is 2. The summed E-state index contributed by atoms with van der Waals surface area (Å²) in [6, 6.07) is 11.4. The average molecular weight is 441 g/mol. The third-order valence-electron chi connectivity index (χ3n) is 6.18. The first kappa shape index (κ1) is 23.9. The van der Waals surface area contributed by atoms with Gasteiger partial charge in [0.2, 0.25) is 0 Å². The molecule has 32 heavy (non-hydrogen) atoms. The van der Waals surface area contributed by atoms with Gasteiger partial charge in [0.1, 0.15) is 26.2 Å². The second-order valence-electron chi connectivity index (χ2n) is 8.96. The van der Waals surface area contributed by atoms with Crippen LogP contribution in [0.25, 0.3) is 0 Å². The largest absolute Gasteiger partial charge is 0.632 e. The summed E-state index contributed by atoms with van der Waals surface area (Å²) in [5.74, 6) is -0.729. The molecule has 0 bridgehead atoms. The van der Waals surface area contributed by atoms with E-state index in [0.29, 0.717) is 0 Å². The Labute approximate surface area is 189 Å². The fourth-order valence-electron chi connectivity index (χ4n) is 4.17. The zero-order valence-electron chi connectivity index (χ0n) is 19.2. The van der Waals surface area contributed by atoms with Gasteiger partial charge in [-0.2, -0.15) is 0 Å². The summed E-state index contributed by atoms with van der Waals surface area (Å²) < 4.78 is -1.50. The molecule has 2 amide bonds. The predicted octanol–water partition coefficient (Wildman–Crippen LogP) is 3.14. The highest BCUT2D eigenvalue weighted by atomic mass is 16.6. The van der Waals surface area contributed by atoms with Crippen LogP contribution >= 0.6 is 0 Å². The molecule has 3 rings (SSSR count). The zero-order valence-corrected chi connectivity index (χ0v) is 19.2. The van der Waals surface area contributed by atoms with Crippen LogP contribution in [0.1, 0.15) is 22.3 Å². The van der Waals surface area contributed by atoms with Crippen molar-refractivity contribution >= 4 is 23.2 Å². The first-order valence-electron chi connectivity index (χ1n) is 10.9. The molecule has 0 atom stereocenters. The van der Waals surface area contributed by atoms with Gasteiger partial charge in [0.15, 0.2) is 13.1 Å². The van der Waals surface area contributed by atoms with E-state index in [2.05, 4.69) is 10.6 Å². The summed E-state index contributed by atoms with van der Waals surface area (Å²) >= 11 is 0. The molecule has 0 saturated carbocycles. The van der Waals surface area contributed by atoms with Crippen molar-refractivity contribution in [2.45, 2.75) is 27.7 Å². The van der Waals surface area contributed by atoms with Crippen molar-refractivity contribution in [3.8, 4) is 0 Å². The monoisotopic (exact) mass is 440 g/mol. The van der Waals surface area contributed by atoms with E-state index >= 15 is 0 Å². The number of hydroxylamine groups is 6. The van der Waals surface area contributed by atoms with E-state index in [0.717, 1.165) is 33.6 Å². The van der Waals surface area contributed by atoms with Crippen LogP contribution in [0.15, 0.2) is 36.4 Å². The molecular weight excluding hydrogens is 408 g/mol. The lowest BCUT2D eigenvalue weighted by Gasteiger charge is -2.53. The zero-order chi connectivity index (χ0) is 23.5. The Morgan fingerprint density at radius 1 is 0.688 bits per heavy atom. The number of nitrogens with zero attached hydrogens (tertiary/aromatic N) is 2. The third-order valence-corrected chi connectivity index (χ3v) is 6.18. The van der Waals surface area contributed by atoms with Gasteiger partial charge in [-0.1, -0.05) is 36.4 Å². The van der Waals surface area contributed by atoms with E-state index in [9.17, 15) is 20.0 Å². The molecule has 2 N–H and O–H groups in total. The molecule has 1 aliphatic rings. The second-order valence-corrected chi connectivity index (χ2v) is 8.96. The van der Waals surface area contributed by atoms with E-state index in [1.807, 2.05) is 64.1 Å². The van der Waals surface area contributed by atoms with Gasteiger partial charge in [-0.3, -0.25) is 9.59 Å². The maximum atomic E-state index is 13.1. The number of benzene rings is 2. The lowest BCUT2D eigenvalue weighted by molar-refractivity contribution is -0.982. The van der Waals surface area contributed by atoms with Gasteiger partial charge >= 0.3 is 0 Å². The standard InChI is InChI=1S/C24H32N4O4/c1-17-7-5-8-18(2)23(17)25-21(29)15-27(31)11-13-28(32,14-12-27)16-22(30)26-24-19(3)9-6-10-20(24)4/h5-10H,11-16H2,1-4H3,(H,25,29)(H,26,30). The molecular formula is C24H32N4O4. The Morgan fingerprint density at radius 2 is 0.969 bits per heavy atom. The fraction of sp³-hybridized carbons (Fsp3) is 0.417. The molecule has 1 saturated heterocycles. The molecule has 0 spiro atoms. The van der Waals surface area contributed by atoms with Gasteiger partial charge in [-0.05, 0) is 49.9 Å². The summed E-state index contributed by atoms with van der Waals surface area (Å²) in [7, 11) is 0. The van der Waals surface area contributed by atoms with Crippen LogP contribution in [0.3, 0.4) is 0 Å². The van der Waals surface area contributed by atoms with Crippen molar-refractivity contribution in [2.24, 2.45) is 0 Å². The van der Waals surface area contributed by atoms with E-state index < -0.39 is 9.29 Å². The number of rotatable bonds is 6. The Balaban J connectivity index is 1.55. The van der Waals surface area contributed by atoms with Crippen molar-refractivity contribution < 1.29 is 18.9 Å². The Kier molecular flexibility index (Phi) is 7.00. The van der Waals surface area contributed by atoms with Crippen LogP contribution in [0.5, 0.6) is 0 Å². The number of carbonyl (C=O) groups is 2. The molecule has 1 aliphatic heterocycles. The van der Waals surface area contributed by atoms with Crippen LogP contribution in [0, 0.1) is 38.1 Å². The molecule has 8 nitrogen and oxygen atoms in total. The summed E-state index contributed by atoms with van der Waals surface area (Å²) in [5.41, 5.74) is 5.16. The number of carbonyl (C=O) groups excluding carboxylic acids is 2. The predicted molar refractivity (Wildman–Crippen MR) is 126 cm³/mol. The van der Waals surface area contributed by atoms with E-state index in [1.54, 1.807) is 0 Å². The number of para-hydroxylation sites is 2. The SMILES string of the molecule is Cc1cccc(C)c1NC(=O)C[N+]1([O-])CC[N+]([O-])(CC(=O)Nc2c(C)cccc2C)CC1. The maximum absolute atomic E-state index is 13.1. The summed E-state index contributed by atoms with van der Waals surface area (Å²) in [6.45, 7) is 7.11. The molecule has 0 aromatic heterocycles. The molecule has 2 aromatic carbocycles. The van der Waals surface area contributed by atoms with Crippen LogP contribution in [0.4, 0.5) is 11.4 Å². The van der Waals surface area contributed by atoms with Gasteiger partial charge in [-0.15, -0.1) is 0 Å². The first-order valence-corrected chi connectivity index (χ1v) is 10.9. The van der Waals surface area contributed by atoms with Crippen LogP contribution in [0.2, 0.25) is 0 Å². The van der Waals surface area contributed by atoms with Crippen molar-refractivity contribution in [3.05, 3.63) is 69.1 Å².